The number of aryl methyl sites for hydroxylation is 1. The summed E-state index contributed by atoms with van der Waals surface area (Å²) in [5.41, 5.74) is 2.08. The van der Waals surface area contributed by atoms with Crippen LogP contribution in [0.2, 0.25) is 0 Å². The maximum atomic E-state index is 12.0. The quantitative estimate of drug-likeness (QED) is 0.302. The number of methoxy groups -OCH3 is 1. The van der Waals surface area contributed by atoms with Gasteiger partial charge < -0.3 is 29.9 Å². The lowest BCUT2D eigenvalue weighted by atomic mass is 10.1. The minimum atomic E-state index is -0.268. The number of carbonyl (C=O) groups excluding carboxylic acids is 2. The van der Waals surface area contributed by atoms with Crippen LogP contribution in [-0.2, 0) is 16.1 Å². The van der Waals surface area contributed by atoms with Gasteiger partial charge in [-0.25, -0.2) is 9.79 Å². The smallest absolute Gasteiger partial charge is 0.409 e. The van der Waals surface area contributed by atoms with Crippen molar-refractivity contribution in [3.8, 4) is 5.75 Å². The van der Waals surface area contributed by atoms with Crippen LogP contribution in [0.1, 0.15) is 30.9 Å². The summed E-state index contributed by atoms with van der Waals surface area (Å²) in [5.74, 6) is 1.31. The first-order valence-corrected chi connectivity index (χ1v) is 10.6. The number of nitrogens with one attached hydrogen (secondary N) is 2. The Morgan fingerprint density at radius 2 is 1.94 bits per heavy atom. The van der Waals surface area contributed by atoms with E-state index >= 15 is 0 Å². The molecule has 0 unspecified atom stereocenters. The molecular weight excluding hydrogens is 525 g/mol. The summed E-state index contributed by atoms with van der Waals surface area (Å²) in [7, 11) is 5.08. The molecule has 1 aliphatic rings. The zero-order valence-electron chi connectivity index (χ0n) is 19.6. The van der Waals surface area contributed by atoms with Crippen LogP contribution in [0, 0.1) is 6.92 Å². The van der Waals surface area contributed by atoms with Gasteiger partial charge in [0, 0.05) is 38.8 Å². The van der Waals surface area contributed by atoms with Crippen molar-refractivity contribution in [2.75, 3.05) is 47.4 Å². The van der Waals surface area contributed by atoms with E-state index in [1.165, 1.54) is 4.90 Å². The number of hydrogen-bond donors (Lipinski definition) is 2. The second-order valence-electron chi connectivity index (χ2n) is 7.73. The molecule has 180 valence electrons. The molecule has 1 heterocycles. The zero-order chi connectivity index (χ0) is 22.8. The number of guanidine groups is 1. The maximum Gasteiger partial charge on any atom is 0.409 e. The van der Waals surface area contributed by atoms with Crippen LogP contribution in [0.15, 0.2) is 23.2 Å². The third kappa shape index (κ3) is 8.71. The highest BCUT2D eigenvalue weighted by Gasteiger charge is 2.24. The van der Waals surface area contributed by atoms with Crippen molar-refractivity contribution in [3.05, 3.63) is 29.3 Å². The standard InChI is InChI=1S/C22H35N5O4.HI/c1-6-31-22(29)27-11-9-18(10-12-27)25-21(24-15-20(28)26(3)4)23-14-17-8-7-16(2)13-19(17)30-5;/h7-8,13,18H,6,9-12,14-15H2,1-5H3,(H2,23,24,25);1H. The lowest BCUT2D eigenvalue weighted by molar-refractivity contribution is -0.127. The van der Waals surface area contributed by atoms with Gasteiger partial charge in [-0.1, -0.05) is 12.1 Å². The fourth-order valence-electron chi connectivity index (χ4n) is 3.23. The van der Waals surface area contributed by atoms with Gasteiger partial charge in [0.15, 0.2) is 5.96 Å². The van der Waals surface area contributed by atoms with Crippen molar-refractivity contribution in [1.29, 1.82) is 0 Å². The monoisotopic (exact) mass is 561 g/mol. The summed E-state index contributed by atoms with van der Waals surface area (Å²) in [6.45, 7) is 5.99. The first kappa shape index (κ1) is 27.8. The predicted molar refractivity (Wildman–Crippen MR) is 136 cm³/mol. The van der Waals surface area contributed by atoms with Crippen molar-refractivity contribution >= 4 is 41.9 Å². The molecule has 2 amide bonds. The van der Waals surface area contributed by atoms with E-state index in [1.54, 1.807) is 33.0 Å². The Kier molecular flexibility index (Phi) is 12.2. The van der Waals surface area contributed by atoms with E-state index in [0.717, 1.165) is 29.7 Å². The van der Waals surface area contributed by atoms with Crippen LogP contribution in [0.4, 0.5) is 4.79 Å². The van der Waals surface area contributed by atoms with E-state index < -0.39 is 0 Å². The first-order chi connectivity index (χ1) is 14.8. The van der Waals surface area contributed by atoms with Crippen LogP contribution in [0.25, 0.3) is 0 Å². The normalized spacial score (nSPS) is 14.3. The Balaban J connectivity index is 0.00000512. The fraction of sp³-hybridized carbons (Fsp3) is 0.591. The van der Waals surface area contributed by atoms with Crippen LogP contribution in [0.5, 0.6) is 5.75 Å². The molecule has 2 rings (SSSR count). The van der Waals surface area contributed by atoms with Crippen LogP contribution in [0.3, 0.4) is 0 Å². The van der Waals surface area contributed by atoms with Gasteiger partial charge >= 0.3 is 6.09 Å². The van der Waals surface area contributed by atoms with Gasteiger partial charge in [0.05, 0.1) is 26.8 Å². The summed E-state index contributed by atoms with van der Waals surface area (Å²) in [6.07, 6.45) is 1.28. The van der Waals surface area contributed by atoms with Gasteiger partial charge in [-0.2, -0.15) is 0 Å². The summed E-state index contributed by atoms with van der Waals surface area (Å²) in [5, 5.41) is 6.53. The van der Waals surface area contributed by atoms with Gasteiger partial charge in [-0.15, -0.1) is 24.0 Å². The minimum Gasteiger partial charge on any atom is -0.496 e. The van der Waals surface area contributed by atoms with E-state index in [9.17, 15) is 9.59 Å². The lowest BCUT2D eigenvalue weighted by Crippen LogP contribution is -2.51. The van der Waals surface area contributed by atoms with Crippen LogP contribution in [-0.4, -0.2) is 81.2 Å². The summed E-state index contributed by atoms with van der Waals surface area (Å²) >= 11 is 0. The number of aliphatic imine (C=N–C) groups is 1. The molecule has 0 atom stereocenters. The molecule has 10 heteroatoms. The molecule has 2 N–H and O–H groups in total. The third-order valence-electron chi connectivity index (χ3n) is 5.12. The van der Waals surface area contributed by atoms with Crippen molar-refractivity contribution in [2.45, 2.75) is 39.3 Å². The number of benzene rings is 1. The summed E-state index contributed by atoms with van der Waals surface area (Å²) in [6, 6.07) is 6.14. The van der Waals surface area contributed by atoms with Gasteiger partial charge in [0.25, 0.3) is 0 Å². The molecule has 1 aliphatic heterocycles. The zero-order valence-corrected chi connectivity index (χ0v) is 22.0. The highest BCUT2D eigenvalue weighted by atomic mass is 127. The average molecular weight is 561 g/mol. The molecule has 0 radical (unpaired) electrons. The molecule has 0 aliphatic carbocycles. The first-order valence-electron chi connectivity index (χ1n) is 10.6. The Morgan fingerprint density at radius 3 is 2.53 bits per heavy atom. The average Bonchev–Trinajstić information content (AvgIpc) is 2.76. The van der Waals surface area contributed by atoms with E-state index in [-0.39, 0.29) is 48.6 Å². The Morgan fingerprint density at radius 1 is 1.25 bits per heavy atom. The van der Waals surface area contributed by atoms with Crippen molar-refractivity contribution in [2.24, 2.45) is 4.99 Å². The van der Waals surface area contributed by atoms with E-state index in [2.05, 4.69) is 15.6 Å². The Hall–Kier alpha value is -2.24. The van der Waals surface area contributed by atoms with Crippen LogP contribution >= 0.6 is 24.0 Å². The number of rotatable bonds is 7. The number of likely N-dealkylation sites (tertiary alicyclic amines) is 1. The molecule has 0 spiro atoms. The predicted octanol–water partition coefficient (Wildman–Crippen LogP) is 2.37. The van der Waals surface area contributed by atoms with Gasteiger partial charge in [0.2, 0.25) is 5.91 Å². The molecule has 0 aromatic heterocycles. The number of nitrogens with zero attached hydrogens (tertiary/aromatic N) is 3. The minimum absolute atomic E-state index is 0. The molecule has 1 fully saturated rings. The van der Waals surface area contributed by atoms with E-state index in [4.69, 9.17) is 9.47 Å². The van der Waals surface area contributed by atoms with E-state index in [0.29, 0.717) is 32.2 Å². The SMILES string of the molecule is CCOC(=O)N1CCC(NC(=NCc2ccc(C)cc2OC)NCC(=O)N(C)C)CC1.I. The summed E-state index contributed by atoms with van der Waals surface area (Å²) < 4.78 is 10.6. The number of hydrogen-bond acceptors (Lipinski definition) is 5. The van der Waals surface area contributed by atoms with Gasteiger partial charge in [-0.05, 0) is 38.3 Å². The highest BCUT2D eigenvalue weighted by Crippen LogP contribution is 2.20. The molecule has 0 bridgehead atoms. The molecule has 1 saturated heterocycles. The largest absolute Gasteiger partial charge is 0.496 e. The number of amides is 2. The Bertz CT molecular complexity index is 780. The highest BCUT2D eigenvalue weighted by molar-refractivity contribution is 14.0. The molecule has 1 aromatic carbocycles. The number of piperidine rings is 1. The van der Waals surface area contributed by atoms with E-state index in [1.807, 2.05) is 25.1 Å². The van der Waals surface area contributed by atoms with Crippen molar-refractivity contribution < 1.29 is 19.1 Å². The lowest BCUT2D eigenvalue weighted by Gasteiger charge is -2.32. The molecule has 9 nitrogen and oxygen atoms in total. The topological polar surface area (TPSA) is 95.5 Å². The van der Waals surface area contributed by atoms with Gasteiger partial charge in [0.1, 0.15) is 5.75 Å². The van der Waals surface area contributed by atoms with Crippen molar-refractivity contribution in [3.63, 3.8) is 0 Å². The molecular formula is C22H36IN5O4. The Labute approximate surface area is 207 Å². The fourth-order valence-corrected chi connectivity index (χ4v) is 3.23. The number of ether oxygens (including phenoxy) is 2. The second-order valence-corrected chi connectivity index (χ2v) is 7.73. The third-order valence-corrected chi connectivity index (χ3v) is 5.12. The maximum absolute atomic E-state index is 12.0. The number of likely N-dealkylation sites (N-methyl/N-ethyl adjacent to an activating group) is 1. The molecule has 32 heavy (non-hydrogen) atoms. The number of carbonyl (C=O) groups is 2. The van der Waals surface area contributed by atoms with Gasteiger partial charge in [-0.3, -0.25) is 4.79 Å². The number of halogens is 1. The van der Waals surface area contributed by atoms with Crippen LogP contribution < -0.4 is 15.4 Å². The van der Waals surface area contributed by atoms with Crippen molar-refractivity contribution in [1.82, 2.24) is 20.4 Å². The molecule has 1 aromatic rings. The molecule has 0 saturated carbocycles. The summed E-state index contributed by atoms with van der Waals surface area (Å²) in [4.78, 5) is 31.9. The second kappa shape index (κ2) is 14.0.